The van der Waals surface area contributed by atoms with E-state index in [0.29, 0.717) is 17.8 Å². The second-order valence-corrected chi connectivity index (χ2v) is 8.76. The van der Waals surface area contributed by atoms with Gasteiger partial charge >= 0.3 is 0 Å². The number of piperidine rings is 1. The second-order valence-electron chi connectivity index (χ2n) is 8.76. The standard InChI is InChI=1S/C28H31N3O2/c1-21-13-15-23(16-14-21)19-31-17-7-10-24(20-31)27(32)30-26-12-6-5-11-25(26)28(33)29-18-22-8-3-2-4-9-22/h2-6,8-9,11-16,24H,7,10,17-20H2,1H3,(H,29,33)(H,30,32). The number of hydrogen-bond acceptors (Lipinski definition) is 3. The van der Waals surface area contributed by atoms with Crippen molar-refractivity contribution in [3.05, 3.63) is 101 Å². The molecular formula is C28H31N3O2. The number of amides is 2. The zero-order valence-electron chi connectivity index (χ0n) is 19.1. The third-order valence-corrected chi connectivity index (χ3v) is 6.13. The molecule has 1 unspecified atom stereocenters. The lowest BCUT2D eigenvalue weighted by Gasteiger charge is -2.32. The number of nitrogens with one attached hydrogen (secondary N) is 2. The lowest BCUT2D eigenvalue weighted by Crippen LogP contribution is -2.40. The molecule has 0 spiro atoms. The highest BCUT2D eigenvalue weighted by atomic mass is 16.2. The lowest BCUT2D eigenvalue weighted by atomic mass is 9.96. The quantitative estimate of drug-likeness (QED) is 0.555. The topological polar surface area (TPSA) is 61.4 Å². The lowest BCUT2D eigenvalue weighted by molar-refractivity contribution is -0.121. The van der Waals surface area contributed by atoms with E-state index in [1.807, 2.05) is 42.5 Å². The van der Waals surface area contributed by atoms with Crippen molar-refractivity contribution in [1.82, 2.24) is 10.2 Å². The zero-order chi connectivity index (χ0) is 23.0. The van der Waals surface area contributed by atoms with Crippen molar-refractivity contribution in [3.63, 3.8) is 0 Å². The van der Waals surface area contributed by atoms with E-state index in [1.54, 1.807) is 12.1 Å². The molecule has 0 aromatic heterocycles. The molecule has 5 heteroatoms. The van der Waals surface area contributed by atoms with Crippen LogP contribution in [0.5, 0.6) is 0 Å². The molecule has 1 fully saturated rings. The Morgan fingerprint density at radius 2 is 1.64 bits per heavy atom. The van der Waals surface area contributed by atoms with E-state index < -0.39 is 0 Å². The smallest absolute Gasteiger partial charge is 0.253 e. The Hall–Kier alpha value is -3.44. The Balaban J connectivity index is 1.36. The van der Waals surface area contributed by atoms with Crippen molar-refractivity contribution in [2.75, 3.05) is 18.4 Å². The van der Waals surface area contributed by atoms with E-state index in [4.69, 9.17) is 0 Å². The predicted molar refractivity (Wildman–Crippen MR) is 132 cm³/mol. The number of para-hydroxylation sites is 1. The second kappa shape index (κ2) is 10.9. The minimum atomic E-state index is -0.195. The molecule has 33 heavy (non-hydrogen) atoms. The van der Waals surface area contributed by atoms with E-state index in [9.17, 15) is 9.59 Å². The summed E-state index contributed by atoms with van der Waals surface area (Å²) in [5.41, 5.74) is 4.59. The van der Waals surface area contributed by atoms with Gasteiger partial charge in [0.1, 0.15) is 0 Å². The highest BCUT2D eigenvalue weighted by Crippen LogP contribution is 2.22. The molecule has 5 nitrogen and oxygen atoms in total. The summed E-state index contributed by atoms with van der Waals surface area (Å²) in [6.45, 7) is 5.10. The monoisotopic (exact) mass is 441 g/mol. The van der Waals surface area contributed by atoms with Gasteiger partial charge in [-0.1, -0.05) is 72.3 Å². The molecule has 2 amide bonds. The molecule has 1 saturated heterocycles. The molecule has 3 aromatic carbocycles. The van der Waals surface area contributed by atoms with E-state index in [-0.39, 0.29) is 17.7 Å². The van der Waals surface area contributed by atoms with Gasteiger partial charge in [-0.05, 0) is 49.6 Å². The Kier molecular flexibility index (Phi) is 7.53. The molecule has 0 saturated carbocycles. The molecule has 1 heterocycles. The molecule has 170 valence electrons. The van der Waals surface area contributed by atoms with E-state index in [0.717, 1.165) is 38.0 Å². The van der Waals surface area contributed by atoms with E-state index >= 15 is 0 Å². The Morgan fingerprint density at radius 1 is 0.909 bits per heavy atom. The summed E-state index contributed by atoms with van der Waals surface area (Å²) in [5, 5.41) is 5.97. The molecule has 1 aliphatic heterocycles. The number of benzene rings is 3. The van der Waals surface area contributed by atoms with E-state index in [1.165, 1.54) is 11.1 Å². The number of rotatable bonds is 7. The molecule has 0 radical (unpaired) electrons. The minimum Gasteiger partial charge on any atom is -0.348 e. The first-order chi connectivity index (χ1) is 16.1. The number of likely N-dealkylation sites (tertiary alicyclic amines) is 1. The van der Waals surface area contributed by atoms with Crippen LogP contribution in [0, 0.1) is 12.8 Å². The van der Waals surface area contributed by atoms with E-state index in [2.05, 4.69) is 46.7 Å². The van der Waals surface area contributed by atoms with Gasteiger partial charge in [-0.25, -0.2) is 0 Å². The largest absolute Gasteiger partial charge is 0.348 e. The predicted octanol–water partition coefficient (Wildman–Crippen LogP) is 4.78. The molecule has 0 aliphatic carbocycles. The van der Waals surface area contributed by atoms with Crippen molar-refractivity contribution in [1.29, 1.82) is 0 Å². The van der Waals surface area contributed by atoms with Crippen molar-refractivity contribution in [2.45, 2.75) is 32.9 Å². The van der Waals surface area contributed by atoms with Crippen LogP contribution in [-0.4, -0.2) is 29.8 Å². The average molecular weight is 442 g/mol. The van der Waals surface area contributed by atoms with Gasteiger partial charge in [-0.2, -0.15) is 0 Å². The van der Waals surface area contributed by atoms with Gasteiger partial charge in [0.05, 0.1) is 17.2 Å². The minimum absolute atomic E-state index is 0.0214. The zero-order valence-corrected chi connectivity index (χ0v) is 19.1. The van der Waals surface area contributed by atoms with Crippen LogP contribution in [0.3, 0.4) is 0 Å². The van der Waals surface area contributed by atoms with Gasteiger partial charge in [0.2, 0.25) is 5.91 Å². The van der Waals surface area contributed by atoms with Crippen molar-refractivity contribution < 1.29 is 9.59 Å². The Labute approximate surface area is 195 Å². The molecule has 2 N–H and O–H groups in total. The first kappa shape index (κ1) is 22.7. The fraction of sp³-hybridized carbons (Fsp3) is 0.286. The van der Waals surface area contributed by atoms with Crippen LogP contribution >= 0.6 is 0 Å². The summed E-state index contributed by atoms with van der Waals surface area (Å²) in [6, 6.07) is 25.6. The fourth-order valence-corrected chi connectivity index (χ4v) is 4.26. The molecule has 0 bridgehead atoms. The van der Waals surface area contributed by atoms with Crippen LogP contribution in [0.2, 0.25) is 0 Å². The SMILES string of the molecule is Cc1ccc(CN2CCCC(C(=O)Nc3ccccc3C(=O)NCc3ccccc3)C2)cc1. The van der Waals surface area contributed by atoms with Crippen LogP contribution in [-0.2, 0) is 17.9 Å². The summed E-state index contributed by atoms with van der Waals surface area (Å²) < 4.78 is 0. The fourth-order valence-electron chi connectivity index (χ4n) is 4.26. The maximum absolute atomic E-state index is 13.1. The van der Waals surface area contributed by atoms with Gasteiger partial charge in [0, 0.05) is 19.6 Å². The number of carbonyl (C=O) groups is 2. The van der Waals surface area contributed by atoms with Crippen LogP contribution in [0.25, 0.3) is 0 Å². The summed E-state index contributed by atoms with van der Waals surface area (Å²) >= 11 is 0. The molecule has 1 aliphatic rings. The third kappa shape index (κ3) is 6.30. The van der Waals surface area contributed by atoms with Gasteiger partial charge in [0.15, 0.2) is 0 Å². The summed E-state index contributed by atoms with van der Waals surface area (Å²) in [4.78, 5) is 28.2. The molecule has 1 atom stereocenters. The summed E-state index contributed by atoms with van der Waals surface area (Å²) in [5.74, 6) is -0.309. The van der Waals surface area contributed by atoms with Crippen molar-refractivity contribution >= 4 is 17.5 Å². The number of hydrogen-bond donors (Lipinski definition) is 2. The summed E-state index contributed by atoms with van der Waals surface area (Å²) in [7, 11) is 0. The summed E-state index contributed by atoms with van der Waals surface area (Å²) in [6.07, 6.45) is 1.85. The van der Waals surface area contributed by atoms with Crippen LogP contribution in [0.4, 0.5) is 5.69 Å². The van der Waals surface area contributed by atoms with Crippen LogP contribution < -0.4 is 10.6 Å². The molecule has 4 rings (SSSR count). The molecular weight excluding hydrogens is 410 g/mol. The van der Waals surface area contributed by atoms with Gasteiger partial charge in [0.25, 0.3) is 5.91 Å². The first-order valence-corrected chi connectivity index (χ1v) is 11.6. The van der Waals surface area contributed by atoms with Crippen molar-refractivity contribution in [2.24, 2.45) is 5.92 Å². The number of nitrogens with zero attached hydrogens (tertiary/aromatic N) is 1. The Bertz CT molecular complexity index is 1080. The number of aryl methyl sites for hydroxylation is 1. The molecule has 3 aromatic rings. The van der Waals surface area contributed by atoms with Crippen molar-refractivity contribution in [3.8, 4) is 0 Å². The van der Waals surface area contributed by atoms with Gasteiger partial charge in [-0.3, -0.25) is 14.5 Å². The Morgan fingerprint density at radius 3 is 2.42 bits per heavy atom. The van der Waals surface area contributed by atoms with Crippen LogP contribution in [0.15, 0.2) is 78.9 Å². The maximum Gasteiger partial charge on any atom is 0.253 e. The number of carbonyl (C=O) groups excluding carboxylic acids is 2. The third-order valence-electron chi connectivity index (χ3n) is 6.13. The highest BCUT2D eigenvalue weighted by Gasteiger charge is 2.26. The number of anilines is 1. The highest BCUT2D eigenvalue weighted by molar-refractivity contribution is 6.04. The average Bonchev–Trinajstić information content (AvgIpc) is 2.85. The van der Waals surface area contributed by atoms with Gasteiger partial charge < -0.3 is 10.6 Å². The van der Waals surface area contributed by atoms with Gasteiger partial charge in [-0.15, -0.1) is 0 Å². The maximum atomic E-state index is 13.1. The van der Waals surface area contributed by atoms with Crippen LogP contribution in [0.1, 0.15) is 39.9 Å². The first-order valence-electron chi connectivity index (χ1n) is 11.6. The normalized spacial score (nSPS) is 16.2.